The van der Waals surface area contributed by atoms with Gasteiger partial charge in [-0.1, -0.05) is 11.2 Å². The van der Waals surface area contributed by atoms with Gasteiger partial charge in [-0.05, 0) is 37.5 Å². The van der Waals surface area contributed by atoms with E-state index in [0.717, 1.165) is 24.3 Å². The lowest BCUT2D eigenvalue weighted by Gasteiger charge is -2.24. The summed E-state index contributed by atoms with van der Waals surface area (Å²) in [6.45, 7) is 2.02. The van der Waals surface area contributed by atoms with Crippen LogP contribution in [0.2, 0.25) is 0 Å². The fourth-order valence-corrected chi connectivity index (χ4v) is 2.35. The predicted molar refractivity (Wildman–Crippen MR) is 75.3 cm³/mol. The van der Waals surface area contributed by atoms with Crippen LogP contribution in [0, 0.1) is 0 Å². The van der Waals surface area contributed by atoms with Crippen LogP contribution in [0.3, 0.4) is 0 Å². The Morgan fingerprint density at radius 1 is 1.16 bits per heavy atom. The largest absolute Gasteiger partial charge is 0.403 e. The third-order valence-electron chi connectivity index (χ3n) is 3.44. The Bertz CT molecular complexity index is 546. The van der Waals surface area contributed by atoms with Gasteiger partial charge in [0.1, 0.15) is 0 Å². The summed E-state index contributed by atoms with van der Waals surface area (Å²) < 4.78 is 5.78. The van der Waals surface area contributed by atoms with E-state index in [-0.39, 0.29) is 0 Å². The van der Waals surface area contributed by atoms with Crippen LogP contribution in [0.4, 0.5) is 11.7 Å². The molecule has 0 spiro atoms. The summed E-state index contributed by atoms with van der Waals surface area (Å²) in [7, 11) is 1.89. The number of piperidine rings is 1. The van der Waals surface area contributed by atoms with E-state index in [1.54, 1.807) is 0 Å². The van der Waals surface area contributed by atoms with Crippen molar-refractivity contribution < 1.29 is 4.42 Å². The summed E-state index contributed by atoms with van der Waals surface area (Å²) in [5.74, 6) is 0.581. The molecule has 100 valence electrons. The first kappa shape index (κ1) is 12.0. The maximum atomic E-state index is 5.78. The first-order valence-corrected chi connectivity index (χ1v) is 6.73. The molecule has 0 bridgehead atoms. The fourth-order valence-electron chi connectivity index (χ4n) is 2.35. The van der Waals surface area contributed by atoms with Gasteiger partial charge in [0.15, 0.2) is 0 Å². The number of anilines is 2. The van der Waals surface area contributed by atoms with Crippen LogP contribution in [0.1, 0.15) is 19.3 Å². The molecule has 1 saturated heterocycles. The van der Waals surface area contributed by atoms with E-state index in [9.17, 15) is 0 Å². The number of aromatic nitrogens is 2. The van der Waals surface area contributed by atoms with Gasteiger partial charge in [-0.3, -0.25) is 0 Å². The second-order valence-electron chi connectivity index (χ2n) is 4.77. The summed E-state index contributed by atoms with van der Waals surface area (Å²) in [6.07, 6.45) is 3.70. The van der Waals surface area contributed by atoms with Gasteiger partial charge in [0.25, 0.3) is 0 Å². The predicted octanol–water partition coefficient (Wildman–Crippen LogP) is 2.77. The molecule has 1 fully saturated rings. The second-order valence-corrected chi connectivity index (χ2v) is 4.77. The second kappa shape index (κ2) is 5.30. The molecule has 2 heterocycles. The highest BCUT2D eigenvalue weighted by Gasteiger charge is 2.17. The highest BCUT2D eigenvalue weighted by Crippen LogP contribution is 2.25. The van der Waals surface area contributed by atoms with Crippen LogP contribution in [0.5, 0.6) is 0 Å². The Balaban J connectivity index is 1.83. The number of benzene rings is 1. The summed E-state index contributed by atoms with van der Waals surface area (Å²) >= 11 is 0. The molecular weight excluding hydrogens is 240 g/mol. The summed E-state index contributed by atoms with van der Waals surface area (Å²) in [5, 5.41) is 11.4. The van der Waals surface area contributed by atoms with Gasteiger partial charge in [0, 0.05) is 31.4 Å². The van der Waals surface area contributed by atoms with Crippen molar-refractivity contribution in [1.29, 1.82) is 0 Å². The molecule has 1 N–H and O–H groups in total. The van der Waals surface area contributed by atoms with Crippen molar-refractivity contribution in [2.45, 2.75) is 19.3 Å². The van der Waals surface area contributed by atoms with Crippen LogP contribution in [0.25, 0.3) is 11.5 Å². The van der Waals surface area contributed by atoms with Crippen LogP contribution < -0.4 is 10.2 Å². The van der Waals surface area contributed by atoms with Gasteiger partial charge in [-0.25, -0.2) is 0 Å². The van der Waals surface area contributed by atoms with E-state index in [0.29, 0.717) is 11.9 Å². The Morgan fingerprint density at radius 2 is 2.00 bits per heavy atom. The van der Waals surface area contributed by atoms with Gasteiger partial charge < -0.3 is 14.6 Å². The molecule has 0 saturated carbocycles. The minimum atomic E-state index is 0.581. The minimum Gasteiger partial charge on any atom is -0.403 e. The molecule has 0 amide bonds. The standard InChI is InChI=1S/C14H18N4O/c1-15-12-7-5-6-11(10-12)13-16-17-14(19-13)18-8-3-2-4-9-18/h5-7,10,15H,2-4,8-9H2,1H3. The molecule has 19 heavy (non-hydrogen) atoms. The normalized spacial score (nSPS) is 15.5. The average Bonchev–Trinajstić information content (AvgIpc) is 2.98. The minimum absolute atomic E-state index is 0.581. The van der Waals surface area contributed by atoms with Crippen molar-refractivity contribution in [3.8, 4) is 11.5 Å². The quantitative estimate of drug-likeness (QED) is 0.917. The maximum Gasteiger partial charge on any atom is 0.318 e. The lowest BCUT2D eigenvalue weighted by atomic mass is 10.1. The highest BCUT2D eigenvalue weighted by atomic mass is 16.4. The zero-order valence-corrected chi connectivity index (χ0v) is 11.1. The van der Waals surface area contributed by atoms with E-state index in [1.165, 1.54) is 19.3 Å². The molecule has 0 radical (unpaired) electrons. The third-order valence-corrected chi connectivity index (χ3v) is 3.44. The molecule has 5 heteroatoms. The van der Waals surface area contributed by atoms with Gasteiger partial charge >= 0.3 is 6.01 Å². The Hall–Kier alpha value is -2.04. The Labute approximate surface area is 112 Å². The first-order valence-electron chi connectivity index (χ1n) is 6.73. The highest BCUT2D eigenvalue weighted by molar-refractivity contribution is 5.61. The van der Waals surface area contributed by atoms with E-state index >= 15 is 0 Å². The van der Waals surface area contributed by atoms with Crippen LogP contribution in [0.15, 0.2) is 28.7 Å². The molecule has 0 unspecified atom stereocenters. The molecule has 0 aliphatic carbocycles. The van der Waals surface area contributed by atoms with Crippen molar-refractivity contribution in [2.75, 3.05) is 30.4 Å². The topological polar surface area (TPSA) is 54.2 Å². The molecular formula is C14H18N4O. The molecule has 1 aliphatic rings. The van der Waals surface area contributed by atoms with Crippen molar-refractivity contribution in [3.63, 3.8) is 0 Å². The monoisotopic (exact) mass is 258 g/mol. The molecule has 3 rings (SSSR count). The van der Waals surface area contributed by atoms with Crippen molar-refractivity contribution in [3.05, 3.63) is 24.3 Å². The number of hydrogen-bond acceptors (Lipinski definition) is 5. The summed E-state index contributed by atoms with van der Waals surface area (Å²) in [6, 6.07) is 8.61. The lowest BCUT2D eigenvalue weighted by Crippen LogP contribution is -2.29. The SMILES string of the molecule is CNc1cccc(-c2nnc(N3CCCCC3)o2)c1. The van der Waals surface area contributed by atoms with E-state index < -0.39 is 0 Å². The zero-order valence-electron chi connectivity index (χ0n) is 11.1. The van der Waals surface area contributed by atoms with Gasteiger partial charge in [0.2, 0.25) is 5.89 Å². The molecule has 1 aromatic carbocycles. The smallest absolute Gasteiger partial charge is 0.318 e. The number of nitrogens with zero attached hydrogens (tertiary/aromatic N) is 3. The average molecular weight is 258 g/mol. The van der Waals surface area contributed by atoms with Crippen LogP contribution >= 0.6 is 0 Å². The molecule has 1 aliphatic heterocycles. The third kappa shape index (κ3) is 2.54. The van der Waals surface area contributed by atoms with Crippen molar-refractivity contribution in [2.24, 2.45) is 0 Å². The lowest BCUT2D eigenvalue weighted by molar-refractivity contribution is 0.498. The first-order chi connectivity index (χ1) is 9.36. The summed E-state index contributed by atoms with van der Waals surface area (Å²) in [4.78, 5) is 2.17. The molecule has 1 aromatic heterocycles. The number of hydrogen-bond donors (Lipinski definition) is 1. The van der Waals surface area contributed by atoms with Crippen LogP contribution in [-0.4, -0.2) is 30.3 Å². The van der Waals surface area contributed by atoms with E-state index in [4.69, 9.17) is 4.42 Å². The van der Waals surface area contributed by atoms with Crippen molar-refractivity contribution in [1.82, 2.24) is 10.2 Å². The Kier molecular flexibility index (Phi) is 3.35. The molecule has 0 atom stereocenters. The maximum absolute atomic E-state index is 5.78. The van der Waals surface area contributed by atoms with Crippen LogP contribution in [-0.2, 0) is 0 Å². The zero-order chi connectivity index (χ0) is 13.1. The fraction of sp³-hybridized carbons (Fsp3) is 0.429. The molecule has 2 aromatic rings. The van der Waals surface area contributed by atoms with Gasteiger partial charge in [0.05, 0.1) is 0 Å². The van der Waals surface area contributed by atoms with E-state index in [2.05, 4.69) is 20.4 Å². The summed E-state index contributed by atoms with van der Waals surface area (Å²) in [5.41, 5.74) is 1.98. The Morgan fingerprint density at radius 3 is 2.79 bits per heavy atom. The number of rotatable bonds is 3. The number of nitrogens with one attached hydrogen (secondary N) is 1. The van der Waals surface area contributed by atoms with Crippen molar-refractivity contribution >= 4 is 11.7 Å². The van der Waals surface area contributed by atoms with E-state index in [1.807, 2.05) is 31.3 Å². The molecule has 5 nitrogen and oxygen atoms in total. The van der Waals surface area contributed by atoms with Gasteiger partial charge in [-0.15, -0.1) is 5.10 Å². The van der Waals surface area contributed by atoms with Gasteiger partial charge in [-0.2, -0.15) is 0 Å².